The average molecular weight is 479 g/mol. The molecule has 0 aliphatic heterocycles. The quantitative estimate of drug-likeness (QED) is 0.250. The first kappa shape index (κ1) is 24.7. The molecule has 0 heterocycles. The van der Waals surface area contributed by atoms with Crippen LogP contribution >= 0.6 is 11.8 Å². The van der Waals surface area contributed by atoms with Gasteiger partial charge in [0.2, 0.25) is 0 Å². The lowest BCUT2D eigenvalue weighted by Crippen LogP contribution is -2.18. The third-order valence-electron chi connectivity index (χ3n) is 4.46. The van der Waals surface area contributed by atoms with Crippen LogP contribution in [0, 0.1) is 6.92 Å². The van der Waals surface area contributed by atoms with Crippen molar-refractivity contribution in [2.75, 3.05) is 19.2 Å². The molecule has 0 radical (unpaired) electrons. The standard InChI is InChI=1S/C25H26N4O4S/c1-18-8-11-21(12-9-18)29-33-24(30)16-32-22-13-10-20(14-23(22)31-2)15-27-28-25(26)34-17-19-6-4-3-5-7-19/h3-15,29H,16-17H2,1-2H3,(H2,26,28). The fourth-order valence-corrected chi connectivity index (χ4v) is 3.31. The maximum absolute atomic E-state index is 12.0. The van der Waals surface area contributed by atoms with Gasteiger partial charge in [-0.15, -0.1) is 5.10 Å². The monoisotopic (exact) mass is 478 g/mol. The smallest absolute Gasteiger partial charge is 0.369 e. The number of carbonyl (C=O) groups is 1. The number of amidine groups is 1. The minimum atomic E-state index is -0.578. The molecule has 0 saturated carbocycles. The molecule has 0 bridgehead atoms. The molecule has 3 aromatic carbocycles. The van der Waals surface area contributed by atoms with E-state index in [9.17, 15) is 4.79 Å². The molecule has 176 valence electrons. The van der Waals surface area contributed by atoms with Crippen LogP contribution in [-0.2, 0) is 15.4 Å². The van der Waals surface area contributed by atoms with Gasteiger partial charge in [-0.2, -0.15) is 5.10 Å². The molecule has 8 nitrogen and oxygen atoms in total. The summed E-state index contributed by atoms with van der Waals surface area (Å²) in [6.45, 7) is 1.69. The predicted molar refractivity (Wildman–Crippen MR) is 136 cm³/mol. The van der Waals surface area contributed by atoms with Gasteiger partial charge in [-0.05, 0) is 48.4 Å². The first-order chi connectivity index (χ1) is 16.5. The first-order valence-electron chi connectivity index (χ1n) is 10.4. The molecule has 0 spiro atoms. The van der Waals surface area contributed by atoms with Crippen LogP contribution in [0.3, 0.4) is 0 Å². The number of hydrogen-bond donors (Lipinski definition) is 2. The Bertz CT molecular complexity index is 1140. The van der Waals surface area contributed by atoms with Gasteiger partial charge in [0.05, 0.1) is 19.0 Å². The molecule has 0 aliphatic carbocycles. The SMILES string of the molecule is COc1cc(C=NN=C(N)SCc2ccccc2)ccc1OCC(=O)ONc1ccc(C)cc1. The number of nitrogens with zero attached hydrogens (tertiary/aromatic N) is 2. The Morgan fingerprint density at radius 2 is 1.82 bits per heavy atom. The van der Waals surface area contributed by atoms with Crippen molar-refractivity contribution in [3.63, 3.8) is 0 Å². The predicted octanol–water partition coefficient (Wildman–Crippen LogP) is 4.53. The van der Waals surface area contributed by atoms with Crippen molar-refractivity contribution in [3.05, 3.63) is 89.5 Å². The molecule has 34 heavy (non-hydrogen) atoms. The van der Waals surface area contributed by atoms with E-state index in [1.807, 2.05) is 61.5 Å². The first-order valence-corrected chi connectivity index (χ1v) is 11.4. The summed E-state index contributed by atoms with van der Waals surface area (Å²) in [7, 11) is 1.51. The number of ether oxygens (including phenoxy) is 2. The van der Waals surface area contributed by atoms with Crippen LogP contribution in [-0.4, -0.2) is 31.1 Å². The third kappa shape index (κ3) is 8.18. The summed E-state index contributed by atoms with van der Waals surface area (Å²) in [4.78, 5) is 17.0. The number of rotatable bonds is 10. The lowest BCUT2D eigenvalue weighted by molar-refractivity contribution is -0.143. The van der Waals surface area contributed by atoms with Crippen LogP contribution in [0.25, 0.3) is 0 Å². The number of benzene rings is 3. The highest BCUT2D eigenvalue weighted by molar-refractivity contribution is 8.13. The zero-order valence-corrected chi connectivity index (χ0v) is 19.7. The summed E-state index contributed by atoms with van der Waals surface area (Å²) in [5.74, 6) is 0.979. The number of methoxy groups -OCH3 is 1. The molecule has 0 aliphatic rings. The Morgan fingerprint density at radius 1 is 1.06 bits per heavy atom. The fraction of sp³-hybridized carbons (Fsp3) is 0.160. The Labute approximate surface area is 202 Å². The number of anilines is 1. The summed E-state index contributed by atoms with van der Waals surface area (Å²) in [5.41, 5.74) is 12.2. The summed E-state index contributed by atoms with van der Waals surface area (Å²) in [6.07, 6.45) is 1.56. The average Bonchev–Trinajstić information content (AvgIpc) is 2.86. The highest BCUT2D eigenvalue weighted by atomic mass is 32.2. The fourth-order valence-electron chi connectivity index (χ4n) is 2.70. The van der Waals surface area contributed by atoms with Gasteiger partial charge in [-0.3, -0.25) is 0 Å². The second-order valence-electron chi connectivity index (χ2n) is 7.10. The second-order valence-corrected chi connectivity index (χ2v) is 8.09. The van der Waals surface area contributed by atoms with Gasteiger partial charge in [-0.1, -0.05) is 59.8 Å². The lowest BCUT2D eigenvalue weighted by atomic mass is 10.2. The van der Waals surface area contributed by atoms with E-state index >= 15 is 0 Å². The van der Waals surface area contributed by atoms with E-state index in [2.05, 4.69) is 15.7 Å². The summed E-state index contributed by atoms with van der Waals surface area (Å²) < 4.78 is 10.9. The number of aryl methyl sites for hydroxylation is 1. The van der Waals surface area contributed by atoms with E-state index in [4.69, 9.17) is 20.0 Å². The molecule has 3 aromatic rings. The Balaban J connectivity index is 1.49. The van der Waals surface area contributed by atoms with Crippen LogP contribution in [0.15, 0.2) is 83.0 Å². The molecular formula is C25H26N4O4S. The van der Waals surface area contributed by atoms with Gasteiger partial charge in [0.25, 0.3) is 0 Å². The molecule has 0 unspecified atom stereocenters. The molecule has 0 amide bonds. The molecule has 9 heteroatoms. The van der Waals surface area contributed by atoms with Crippen LogP contribution in [0.4, 0.5) is 5.69 Å². The Morgan fingerprint density at radius 3 is 2.56 bits per heavy atom. The van der Waals surface area contributed by atoms with Crippen molar-refractivity contribution in [1.29, 1.82) is 0 Å². The summed E-state index contributed by atoms with van der Waals surface area (Å²) >= 11 is 1.41. The van der Waals surface area contributed by atoms with Crippen LogP contribution < -0.4 is 20.7 Å². The number of hydrogen-bond acceptors (Lipinski definition) is 8. The number of thioether (sulfide) groups is 1. The van der Waals surface area contributed by atoms with E-state index in [1.165, 1.54) is 18.9 Å². The molecule has 0 aromatic heterocycles. The largest absolute Gasteiger partial charge is 0.493 e. The normalized spacial score (nSPS) is 11.3. The maximum atomic E-state index is 12.0. The van der Waals surface area contributed by atoms with Crippen molar-refractivity contribution < 1.29 is 19.1 Å². The van der Waals surface area contributed by atoms with E-state index in [0.29, 0.717) is 28.1 Å². The Kier molecular flexibility index (Phi) is 9.36. The van der Waals surface area contributed by atoms with Crippen molar-refractivity contribution >= 4 is 34.8 Å². The van der Waals surface area contributed by atoms with Crippen LogP contribution in [0.5, 0.6) is 11.5 Å². The second kappa shape index (κ2) is 12.9. The van der Waals surface area contributed by atoms with Gasteiger partial charge >= 0.3 is 5.97 Å². The molecule has 0 fully saturated rings. The Hall–Kier alpha value is -3.98. The highest BCUT2D eigenvalue weighted by Crippen LogP contribution is 2.27. The van der Waals surface area contributed by atoms with Gasteiger partial charge in [0.15, 0.2) is 23.3 Å². The molecule has 0 saturated heterocycles. The number of carbonyl (C=O) groups excluding carboxylic acids is 1. The maximum Gasteiger partial charge on any atom is 0.369 e. The van der Waals surface area contributed by atoms with Crippen molar-refractivity contribution in [2.45, 2.75) is 12.7 Å². The number of nitrogens with one attached hydrogen (secondary N) is 1. The van der Waals surface area contributed by atoms with Crippen LogP contribution in [0.1, 0.15) is 16.7 Å². The minimum absolute atomic E-state index is 0.290. The van der Waals surface area contributed by atoms with Gasteiger partial charge in [0, 0.05) is 5.75 Å². The van der Waals surface area contributed by atoms with Crippen molar-refractivity contribution in [2.24, 2.45) is 15.9 Å². The molecular weight excluding hydrogens is 452 g/mol. The summed E-state index contributed by atoms with van der Waals surface area (Å²) in [5, 5.41) is 8.40. The topological polar surface area (TPSA) is 108 Å². The highest BCUT2D eigenvalue weighted by Gasteiger charge is 2.10. The van der Waals surface area contributed by atoms with E-state index < -0.39 is 5.97 Å². The molecule has 3 rings (SSSR count). The van der Waals surface area contributed by atoms with E-state index in [0.717, 1.165) is 16.7 Å². The van der Waals surface area contributed by atoms with E-state index in [-0.39, 0.29) is 6.61 Å². The third-order valence-corrected chi connectivity index (χ3v) is 5.32. The summed E-state index contributed by atoms with van der Waals surface area (Å²) in [6, 6.07) is 22.6. The van der Waals surface area contributed by atoms with Crippen molar-refractivity contribution in [1.82, 2.24) is 0 Å². The molecule has 3 N–H and O–H groups in total. The number of nitrogens with two attached hydrogens (primary N) is 1. The van der Waals surface area contributed by atoms with E-state index in [1.54, 1.807) is 24.4 Å². The van der Waals surface area contributed by atoms with Gasteiger partial charge in [-0.25, -0.2) is 10.3 Å². The molecule has 0 atom stereocenters. The van der Waals surface area contributed by atoms with Crippen molar-refractivity contribution in [3.8, 4) is 11.5 Å². The van der Waals surface area contributed by atoms with Crippen LogP contribution in [0.2, 0.25) is 0 Å². The van der Waals surface area contributed by atoms with Gasteiger partial charge in [0.1, 0.15) is 0 Å². The zero-order chi connectivity index (χ0) is 24.2. The zero-order valence-electron chi connectivity index (χ0n) is 18.9. The van der Waals surface area contributed by atoms with Gasteiger partial charge < -0.3 is 20.0 Å². The lowest BCUT2D eigenvalue weighted by Gasteiger charge is -2.11. The minimum Gasteiger partial charge on any atom is -0.493 e.